The molecule has 0 saturated carbocycles. The van der Waals surface area contributed by atoms with Crippen LogP contribution in [0.1, 0.15) is 12.8 Å². The van der Waals surface area contributed by atoms with E-state index in [4.69, 9.17) is 16.3 Å². The number of ether oxygens (including phenoxy) is 1. The molecule has 0 radical (unpaired) electrons. The molecule has 12 heteroatoms. The second-order valence-electron chi connectivity index (χ2n) is 11.1. The van der Waals surface area contributed by atoms with Gasteiger partial charge in [-0.25, -0.2) is 4.98 Å². The number of piperidine rings is 1. The third-order valence-electron chi connectivity index (χ3n) is 7.63. The molecule has 0 spiro atoms. The first-order chi connectivity index (χ1) is 19.7. The smallest absolute Gasteiger partial charge is 0.229 e. The van der Waals surface area contributed by atoms with Gasteiger partial charge in [0, 0.05) is 69.6 Å². The number of hydrogen-bond donors (Lipinski definition) is 4. The van der Waals surface area contributed by atoms with Gasteiger partial charge in [0.15, 0.2) is 5.82 Å². The maximum atomic E-state index is 12.4. The largest absolute Gasteiger partial charge is 0.494 e. The van der Waals surface area contributed by atoms with Crippen LogP contribution < -0.4 is 25.0 Å². The first kappa shape index (κ1) is 29.4. The Balaban J connectivity index is 1.26. The molecule has 0 amide bonds. The summed E-state index contributed by atoms with van der Waals surface area (Å²) in [7, 11) is 1.37. The van der Waals surface area contributed by atoms with E-state index in [1.807, 2.05) is 30.3 Å². The van der Waals surface area contributed by atoms with Crippen LogP contribution in [-0.2, 0) is 10.1 Å². The van der Waals surface area contributed by atoms with Gasteiger partial charge in [-0.15, -0.1) is 0 Å². The molecule has 222 valence electrons. The molecule has 1 aromatic heterocycles. The molecule has 41 heavy (non-hydrogen) atoms. The molecule has 2 aromatic carbocycles. The van der Waals surface area contributed by atoms with Crippen molar-refractivity contribution in [3.05, 3.63) is 53.7 Å². The molecule has 2 fully saturated rings. The number of rotatable bonds is 9. The highest BCUT2D eigenvalue weighted by atomic mass is 35.5. The van der Waals surface area contributed by atoms with Crippen LogP contribution in [0.25, 0.3) is 0 Å². The summed E-state index contributed by atoms with van der Waals surface area (Å²) in [5.41, 5.74) is 3.32. The molecule has 2 aliphatic rings. The third-order valence-corrected chi connectivity index (χ3v) is 8.69. The number of anilines is 6. The molecule has 2 saturated heterocycles. The Bertz CT molecular complexity index is 1390. The first-order valence-electron chi connectivity index (χ1n) is 14.0. The van der Waals surface area contributed by atoms with Crippen LogP contribution in [0.15, 0.2) is 48.7 Å². The van der Waals surface area contributed by atoms with E-state index in [1.54, 1.807) is 25.8 Å². The van der Waals surface area contributed by atoms with Gasteiger partial charge in [0.1, 0.15) is 10.8 Å². The molecular weight excluding hydrogens is 560 g/mol. The zero-order valence-corrected chi connectivity index (χ0v) is 25.9. The van der Waals surface area contributed by atoms with Crippen molar-refractivity contribution in [2.75, 3.05) is 86.2 Å². The summed E-state index contributed by atoms with van der Waals surface area (Å²) >= 11 is 6.44. The third kappa shape index (κ3) is 7.59. The highest BCUT2D eigenvalue weighted by Crippen LogP contribution is 2.34. The fourth-order valence-electron chi connectivity index (χ4n) is 5.40. The average Bonchev–Trinajstić information content (AvgIpc) is 2.96. The number of halogens is 1. The minimum absolute atomic E-state index is 0.365. The van der Waals surface area contributed by atoms with Gasteiger partial charge in [-0.1, -0.05) is 23.7 Å². The standard InChI is InChI=1S/C29H41ClN8O2S/c1-36-15-17-38(18-16-36)21-11-13-37(14-12-21)22-9-10-26(27(19-22)40-2)33-29-31-20-23(30)28(34-29)32-24-7-5-6-8-25(24)35-41(3,4)39/h5-10,19-21,41H,11-18H2,1-4H3,(H,35,39)(H2,31,32,33,34). The van der Waals surface area contributed by atoms with Gasteiger partial charge in [-0.3, -0.25) is 9.11 Å². The van der Waals surface area contributed by atoms with Crippen molar-refractivity contribution in [1.29, 1.82) is 0 Å². The maximum absolute atomic E-state index is 12.4. The van der Waals surface area contributed by atoms with Crippen LogP contribution in [0.2, 0.25) is 5.02 Å². The summed E-state index contributed by atoms with van der Waals surface area (Å²) in [5.74, 6) is 1.52. The fourth-order valence-corrected chi connectivity index (χ4v) is 6.31. The topological polar surface area (TPSA) is 97.9 Å². The molecule has 5 rings (SSSR count). The van der Waals surface area contributed by atoms with Crippen LogP contribution in [-0.4, -0.2) is 96.0 Å². The monoisotopic (exact) mass is 600 g/mol. The summed E-state index contributed by atoms with van der Waals surface area (Å²) < 4.78 is 21.2. The first-order valence-corrected chi connectivity index (χ1v) is 17.0. The number of aromatic nitrogens is 2. The molecule has 0 unspecified atom stereocenters. The van der Waals surface area contributed by atoms with E-state index in [2.05, 4.69) is 59.2 Å². The molecule has 3 N–H and O–H groups in total. The van der Waals surface area contributed by atoms with Crippen LogP contribution in [0.4, 0.5) is 34.5 Å². The number of para-hydroxylation sites is 2. The van der Waals surface area contributed by atoms with E-state index in [1.165, 1.54) is 25.9 Å². The quantitative estimate of drug-likeness (QED) is 0.266. The lowest BCUT2D eigenvalue weighted by Gasteiger charge is -2.42. The second kappa shape index (κ2) is 12.8. The van der Waals surface area contributed by atoms with Crippen LogP contribution >= 0.6 is 11.6 Å². The number of hydrogen-bond acceptors (Lipinski definition) is 9. The van der Waals surface area contributed by atoms with Gasteiger partial charge in [0.05, 0.1) is 30.4 Å². The Labute approximate surface area is 249 Å². The number of thiol groups is 1. The molecule has 0 aliphatic carbocycles. The Hall–Kier alpha value is -3.12. The average molecular weight is 601 g/mol. The van der Waals surface area contributed by atoms with E-state index >= 15 is 0 Å². The van der Waals surface area contributed by atoms with E-state index in [0.29, 0.717) is 40.0 Å². The maximum Gasteiger partial charge on any atom is 0.229 e. The van der Waals surface area contributed by atoms with Crippen molar-refractivity contribution < 1.29 is 8.95 Å². The molecule has 10 nitrogen and oxygen atoms in total. The zero-order valence-electron chi connectivity index (χ0n) is 24.2. The summed E-state index contributed by atoms with van der Waals surface area (Å²) in [6, 6.07) is 14.4. The second-order valence-corrected chi connectivity index (χ2v) is 14.4. The predicted molar refractivity (Wildman–Crippen MR) is 172 cm³/mol. The van der Waals surface area contributed by atoms with Crippen molar-refractivity contribution in [2.24, 2.45) is 0 Å². The summed E-state index contributed by atoms with van der Waals surface area (Å²) in [5, 5.41) is 6.89. The number of nitrogens with zero attached hydrogens (tertiary/aromatic N) is 5. The van der Waals surface area contributed by atoms with Crippen molar-refractivity contribution >= 4 is 56.2 Å². The van der Waals surface area contributed by atoms with Crippen molar-refractivity contribution in [2.45, 2.75) is 18.9 Å². The Morgan fingerprint density at radius 2 is 1.66 bits per heavy atom. The van der Waals surface area contributed by atoms with Gasteiger partial charge in [-0.05, 0) is 54.3 Å². The summed E-state index contributed by atoms with van der Waals surface area (Å²) in [6.07, 6.45) is 7.25. The fraction of sp³-hybridized carbons (Fsp3) is 0.448. The summed E-state index contributed by atoms with van der Waals surface area (Å²) in [6.45, 7) is 6.72. The number of benzene rings is 2. The minimum Gasteiger partial charge on any atom is -0.494 e. The van der Waals surface area contributed by atoms with Gasteiger partial charge >= 0.3 is 0 Å². The van der Waals surface area contributed by atoms with Crippen LogP contribution in [0.3, 0.4) is 0 Å². The molecule has 3 heterocycles. The van der Waals surface area contributed by atoms with E-state index in [-0.39, 0.29) is 0 Å². The molecule has 0 bridgehead atoms. The normalized spacial score (nSPS) is 17.7. The molecule has 0 atom stereocenters. The highest BCUT2D eigenvalue weighted by molar-refractivity contribution is 8.02. The number of piperazine rings is 1. The van der Waals surface area contributed by atoms with Crippen LogP contribution in [0, 0.1) is 0 Å². The van der Waals surface area contributed by atoms with E-state index in [9.17, 15) is 4.21 Å². The Morgan fingerprint density at radius 3 is 2.34 bits per heavy atom. The molecule has 3 aromatic rings. The zero-order chi connectivity index (χ0) is 29.0. The predicted octanol–water partition coefficient (Wildman–Crippen LogP) is 4.45. The van der Waals surface area contributed by atoms with Crippen LogP contribution in [0.5, 0.6) is 5.75 Å². The van der Waals surface area contributed by atoms with Gasteiger partial charge in [0.25, 0.3) is 0 Å². The number of nitrogens with one attached hydrogen (secondary N) is 3. The lowest BCUT2D eigenvalue weighted by Crippen LogP contribution is -2.52. The molecule has 2 aliphatic heterocycles. The van der Waals surface area contributed by atoms with Gasteiger partial charge in [0.2, 0.25) is 5.95 Å². The van der Waals surface area contributed by atoms with Gasteiger partial charge < -0.3 is 29.9 Å². The lowest BCUT2D eigenvalue weighted by molar-refractivity contribution is 0.0982. The van der Waals surface area contributed by atoms with E-state index in [0.717, 1.165) is 37.6 Å². The SMILES string of the molecule is COc1cc(N2CCC(N3CCN(C)CC3)CC2)ccc1Nc1ncc(Cl)c(Nc2ccccc2N[SH](C)(C)=O)n1. The lowest BCUT2D eigenvalue weighted by atomic mass is 10.0. The Morgan fingerprint density at radius 1 is 0.951 bits per heavy atom. The highest BCUT2D eigenvalue weighted by Gasteiger charge is 2.27. The Kier molecular flexibility index (Phi) is 9.18. The number of methoxy groups -OCH3 is 1. The minimum atomic E-state index is -2.51. The van der Waals surface area contributed by atoms with Gasteiger partial charge in [-0.2, -0.15) is 4.98 Å². The van der Waals surface area contributed by atoms with Crippen molar-refractivity contribution in [3.63, 3.8) is 0 Å². The molecular formula is C29H41ClN8O2S. The van der Waals surface area contributed by atoms with E-state index < -0.39 is 10.1 Å². The van der Waals surface area contributed by atoms with Crippen molar-refractivity contribution in [1.82, 2.24) is 19.8 Å². The number of likely N-dealkylation sites (N-methyl/N-ethyl adjacent to an activating group) is 1. The summed E-state index contributed by atoms with van der Waals surface area (Å²) in [4.78, 5) is 16.5. The van der Waals surface area contributed by atoms with Crippen molar-refractivity contribution in [3.8, 4) is 5.75 Å².